The van der Waals surface area contributed by atoms with Crippen LogP contribution in [0.1, 0.15) is 122 Å². The number of unbranched alkanes of at least 4 members (excludes halogenated alkanes) is 12. The van der Waals surface area contributed by atoms with Gasteiger partial charge < -0.3 is 26.0 Å². The van der Waals surface area contributed by atoms with E-state index in [-0.39, 0.29) is 25.7 Å². The van der Waals surface area contributed by atoms with Crippen LogP contribution in [0.25, 0.3) is 0 Å². The zero-order valence-electron chi connectivity index (χ0n) is 21.8. The minimum absolute atomic E-state index is 0.198. The molecule has 0 fully saturated rings. The summed E-state index contributed by atoms with van der Waals surface area (Å²) in [6.07, 6.45) is 14.4. The number of carbonyl (C=O) groups is 5. The van der Waals surface area contributed by atoms with Crippen LogP contribution in [0.3, 0.4) is 0 Å². The third kappa shape index (κ3) is 19.6. The summed E-state index contributed by atoms with van der Waals surface area (Å²) < 4.78 is 0. The van der Waals surface area contributed by atoms with Gasteiger partial charge in [0.2, 0.25) is 11.8 Å². The molecule has 0 aliphatic carbocycles. The van der Waals surface area contributed by atoms with E-state index in [1.807, 2.05) is 0 Å². The number of carbonyl (C=O) groups excluding carboxylic acids is 2. The highest BCUT2D eigenvalue weighted by Gasteiger charge is 2.24. The monoisotopic (exact) mass is 514 g/mol. The molecule has 0 aliphatic rings. The molecular weight excluding hydrogens is 468 g/mol. The molecular formula is C26H46N2O8. The van der Waals surface area contributed by atoms with Gasteiger partial charge in [-0.3, -0.25) is 14.4 Å². The zero-order chi connectivity index (χ0) is 27.2. The van der Waals surface area contributed by atoms with Crippen LogP contribution >= 0.6 is 0 Å². The third-order valence-electron chi connectivity index (χ3n) is 6.08. The van der Waals surface area contributed by atoms with Crippen molar-refractivity contribution in [2.45, 2.75) is 135 Å². The van der Waals surface area contributed by atoms with E-state index in [1.165, 1.54) is 57.8 Å². The maximum atomic E-state index is 12.1. The summed E-state index contributed by atoms with van der Waals surface area (Å²) in [6.45, 7) is 2.22. The van der Waals surface area contributed by atoms with E-state index in [9.17, 15) is 29.1 Å². The number of carboxylic acids is 3. The first-order valence-corrected chi connectivity index (χ1v) is 13.4. The topological polar surface area (TPSA) is 170 Å². The van der Waals surface area contributed by atoms with Gasteiger partial charge in [-0.05, 0) is 19.3 Å². The van der Waals surface area contributed by atoms with Crippen LogP contribution < -0.4 is 10.6 Å². The Bertz CT molecular complexity index is 668. The SMILES string of the molecule is CCCCCCCCCCCCCCCC(=O)NC(CCC(=O)NC(CCC(=O)O)C(=O)O)C(=O)O. The summed E-state index contributed by atoms with van der Waals surface area (Å²) >= 11 is 0. The molecule has 36 heavy (non-hydrogen) atoms. The molecule has 0 aromatic heterocycles. The van der Waals surface area contributed by atoms with Gasteiger partial charge in [0.1, 0.15) is 12.1 Å². The van der Waals surface area contributed by atoms with Crippen LogP contribution in [-0.4, -0.2) is 57.1 Å². The van der Waals surface area contributed by atoms with Crippen LogP contribution in [0.15, 0.2) is 0 Å². The number of carboxylic acid groups (broad SMARTS) is 3. The van der Waals surface area contributed by atoms with E-state index in [1.54, 1.807) is 0 Å². The summed E-state index contributed by atoms with van der Waals surface area (Å²) in [5.74, 6) is -4.94. The molecule has 0 saturated carbocycles. The summed E-state index contributed by atoms with van der Waals surface area (Å²) in [4.78, 5) is 57.3. The summed E-state index contributed by atoms with van der Waals surface area (Å²) in [6, 6.07) is -2.63. The van der Waals surface area contributed by atoms with Gasteiger partial charge in [-0.1, -0.05) is 84.0 Å². The highest BCUT2D eigenvalue weighted by Crippen LogP contribution is 2.13. The Labute approximate surface area is 214 Å². The van der Waals surface area contributed by atoms with Crippen molar-refractivity contribution in [2.75, 3.05) is 0 Å². The fourth-order valence-electron chi connectivity index (χ4n) is 3.89. The fraction of sp³-hybridized carbons (Fsp3) is 0.808. The Morgan fingerprint density at radius 1 is 0.528 bits per heavy atom. The summed E-state index contributed by atoms with van der Waals surface area (Å²) in [5.41, 5.74) is 0. The molecule has 0 aliphatic heterocycles. The van der Waals surface area contributed by atoms with Gasteiger partial charge in [0.05, 0.1) is 0 Å². The van der Waals surface area contributed by atoms with Gasteiger partial charge in [0, 0.05) is 19.3 Å². The maximum Gasteiger partial charge on any atom is 0.326 e. The first-order valence-electron chi connectivity index (χ1n) is 13.4. The van der Waals surface area contributed by atoms with Crippen molar-refractivity contribution in [3.05, 3.63) is 0 Å². The standard InChI is InChI=1S/C26H46N2O8/c1-2-3-4-5-6-7-8-9-10-11-12-13-14-15-22(29)27-20(25(33)34)16-18-23(30)28-21(26(35)36)17-19-24(31)32/h20-21H,2-19H2,1H3,(H,27,29)(H,28,30)(H,31,32)(H,33,34)(H,35,36). The van der Waals surface area contributed by atoms with Crippen LogP contribution in [0.2, 0.25) is 0 Å². The first-order chi connectivity index (χ1) is 17.2. The second-order valence-electron chi connectivity index (χ2n) is 9.38. The first kappa shape index (κ1) is 33.4. The molecule has 0 bridgehead atoms. The number of nitrogens with one attached hydrogen (secondary N) is 2. The average Bonchev–Trinajstić information content (AvgIpc) is 2.81. The molecule has 10 heteroatoms. The second-order valence-corrected chi connectivity index (χ2v) is 9.38. The van der Waals surface area contributed by atoms with Gasteiger partial charge in [0.15, 0.2) is 0 Å². The van der Waals surface area contributed by atoms with E-state index in [0.29, 0.717) is 6.42 Å². The van der Waals surface area contributed by atoms with Crippen molar-refractivity contribution in [1.82, 2.24) is 10.6 Å². The fourth-order valence-corrected chi connectivity index (χ4v) is 3.89. The van der Waals surface area contributed by atoms with E-state index < -0.39 is 48.2 Å². The second kappa shape index (κ2) is 21.6. The Balaban J connectivity index is 4.01. The molecule has 0 rings (SSSR count). The van der Waals surface area contributed by atoms with Crippen LogP contribution in [0.5, 0.6) is 0 Å². The van der Waals surface area contributed by atoms with Gasteiger partial charge in [-0.15, -0.1) is 0 Å². The summed E-state index contributed by atoms with van der Waals surface area (Å²) in [7, 11) is 0. The van der Waals surface area contributed by atoms with Crippen molar-refractivity contribution in [2.24, 2.45) is 0 Å². The molecule has 0 aromatic carbocycles. The lowest BCUT2D eigenvalue weighted by Crippen LogP contribution is -2.44. The zero-order valence-corrected chi connectivity index (χ0v) is 21.8. The lowest BCUT2D eigenvalue weighted by atomic mass is 10.0. The molecule has 2 amide bonds. The predicted octanol–water partition coefficient (Wildman–Crippen LogP) is 4.25. The minimum atomic E-state index is -1.37. The van der Waals surface area contributed by atoms with Gasteiger partial charge >= 0.3 is 17.9 Å². The highest BCUT2D eigenvalue weighted by molar-refractivity contribution is 5.86. The Kier molecular flexibility index (Phi) is 20.0. The Hall–Kier alpha value is -2.65. The number of aliphatic carboxylic acids is 3. The highest BCUT2D eigenvalue weighted by atomic mass is 16.4. The predicted molar refractivity (Wildman–Crippen MR) is 136 cm³/mol. The van der Waals surface area contributed by atoms with Crippen LogP contribution in [-0.2, 0) is 24.0 Å². The smallest absolute Gasteiger partial charge is 0.326 e. The molecule has 2 unspecified atom stereocenters. The van der Waals surface area contributed by atoms with Gasteiger partial charge in [-0.25, -0.2) is 9.59 Å². The number of rotatable bonds is 24. The Morgan fingerprint density at radius 3 is 1.28 bits per heavy atom. The molecule has 0 radical (unpaired) electrons. The average molecular weight is 515 g/mol. The van der Waals surface area contributed by atoms with Crippen molar-refractivity contribution >= 4 is 29.7 Å². The van der Waals surface area contributed by atoms with Crippen molar-refractivity contribution < 1.29 is 39.3 Å². The quantitative estimate of drug-likeness (QED) is 0.119. The lowest BCUT2D eigenvalue weighted by Gasteiger charge is -2.16. The maximum absolute atomic E-state index is 12.1. The molecule has 2 atom stereocenters. The van der Waals surface area contributed by atoms with Gasteiger partial charge in [-0.2, -0.15) is 0 Å². The minimum Gasteiger partial charge on any atom is -0.481 e. The molecule has 0 spiro atoms. The van der Waals surface area contributed by atoms with Gasteiger partial charge in [0.25, 0.3) is 0 Å². The Morgan fingerprint density at radius 2 is 0.889 bits per heavy atom. The molecule has 0 saturated heterocycles. The van der Waals surface area contributed by atoms with Crippen LogP contribution in [0.4, 0.5) is 0 Å². The van der Waals surface area contributed by atoms with E-state index >= 15 is 0 Å². The summed E-state index contributed by atoms with van der Waals surface area (Å²) in [5, 5.41) is 31.7. The van der Waals surface area contributed by atoms with Crippen molar-refractivity contribution in [3.8, 4) is 0 Å². The van der Waals surface area contributed by atoms with Crippen molar-refractivity contribution in [1.29, 1.82) is 0 Å². The lowest BCUT2D eigenvalue weighted by molar-refractivity contribution is -0.144. The largest absolute Gasteiger partial charge is 0.481 e. The van der Waals surface area contributed by atoms with Crippen molar-refractivity contribution in [3.63, 3.8) is 0 Å². The van der Waals surface area contributed by atoms with E-state index in [2.05, 4.69) is 17.6 Å². The van der Waals surface area contributed by atoms with E-state index in [0.717, 1.165) is 19.3 Å². The molecule has 0 heterocycles. The van der Waals surface area contributed by atoms with Crippen LogP contribution in [0, 0.1) is 0 Å². The molecule has 0 aromatic rings. The molecule has 10 nitrogen and oxygen atoms in total. The number of amides is 2. The molecule has 5 N–H and O–H groups in total. The molecule has 208 valence electrons. The number of hydrogen-bond donors (Lipinski definition) is 5. The van der Waals surface area contributed by atoms with E-state index in [4.69, 9.17) is 10.2 Å². The normalized spacial score (nSPS) is 12.5. The third-order valence-corrected chi connectivity index (χ3v) is 6.08. The number of hydrogen-bond acceptors (Lipinski definition) is 5.